The minimum absolute atomic E-state index is 0.0120. The summed E-state index contributed by atoms with van der Waals surface area (Å²) in [5.74, 6) is 1.45. The van der Waals surface area contributed by atoms with E-state index in [0.717, 1.165) is 94.7 Å². The van der Waals surface area contributed by atoms with E-state index in [-0.39, 0.29) is 41.9 Å². The molecule has 0 saturated heterocycles. The highest BCUT2D eigenvalue weighted by atomic mass is 16.5. The van der Waals surface area contributed by atoms with E-state index < -0.39 is 0 Å². The Kier molecular flexibility index (Phi) is 10.7. The molecule has 3 aliphatic heterocycles. The van der Waals surface area contributed by atoms with Crippen molar-refractivity contribution in [3.05, 3.63) is 324 Å². The minimum Gasteiger partial charge on any atom is -0.485 e. The van der Waals surface area contributed by atoms with Gasteiger partial charge in [-0.25, -0.2) is 0 Å². The largest absolute Gasteiger partial charge is 0.485 e. The van der Waals surface area contributed by atoms with E-state index in [2.05, 4.69) is 289 Å². The number of para-hydroxylation sites is 4. The number of furan rings is 3. The van der Waals surface area contributed by atoms with Crippen LogP contribution >= 0.6 is 0 Å². The Morgan fingerprint density at radius 1 is 0.356 bits per heavy atom. The number of benzene rings is 10. The molecule has 0 radical (unpaired) electrons. The molecule has 90 heavy (non-hydrogen) atoms. The van der Waals surface area contributed by atoms with Crippen LogP contribution in [-0.4, -0.2) is 18.2 Å². The van der Waals surface area contributed by atoms with Crippen LogP contribution in [0.1, 0.15) is 63.5 Å². The number of nitrogens with zero attached hydrogens (tertiary/aromatic N) is 2. The molecule has 426 valence electrons. The van der Waals surface area contributed by atoms with Gasteiger partial charge in [0.25, 0.3) is 0 Å². The quantitative estimate of drug-likeness (QED) is 0.159. The second-order valence-corrected chi connectivity index (χ2v) is 25.3. The van der Waals surface area contributed by atoms with Crippen molar-refractivity contribution in [2.24, 2.45) is 0 Å². The Labute approximate surface area is 519 Å². The van der Waals surface area contributed by atoms with Gasteiger partial charge in [-0.2, -0.15) is 0 Å². The molecule has 10 aromatic carbocycles. The SMILES string of the molecule is C1=CC2c3cc(-c4ccc5oc6ccccc6c5c4)ccc3N(C3=CC(c4ccc5oc6ccccc6c5c4)=CC(c4cc(-c5ccc6oc7ccccc7c6c5)cc(N5c6ccc(C7=CC8c9ccccc9OC8C=C7)cc6C6C=CC=CC65)c4)C3)C2C=C1. The molecule has 7 unspecified atom stereocenters. The third-order valence-electron chi connectivity index (χ3n) is 20.4. The Bertz CT molecular complexity index is 5530. The Morgan fingerprint density at radius 3 is 1.54 bits per heavy atom. The van der Waals surface area contributed by atoms with Gasteiger partial charge in [0.2, 0.25) is 0 Å². The summed E-state index contributed by atoms with van der Waals surface area (Å²) in [5, 5.41) is 6.74. The van der Waals surface area contributed by atoms with Crippen molar-refractivity contribution >= 4 is 94.0 Å². The average molecular weight is 1160 g/mol. The van der Waals surface area contributed by atoms with Crippen LogP contribution in [0.25, 0.3) is 99.2 Å². The first-order valence-electron chi connectivity index (χ1n) is 31.6. The van der Waals surface area contributed by atoms with Crippen molar-refractivity contribution in [2.45, 2.75) is 48.3 Å². The molecule has 3 aromatic heterocycles. The van der Waals surface area contributed by atoms with E-state index in [0.29, 0.717) is 0 Å². The van der Waals surface area contributed by atoms with Gasteiger partial charge in [0.15, 0.2) is 0 Å². The van der Waals surface area contributed by atoms with E-state index in [1.165, 1.54) is 72.8 Å². The molecule has 6 nitrogen and oxygen atoms in total. The maximum atomic E-state index is 6.46. The first-order valence-corrected chi connectivity index (χ1v) is 31.6. The van der Waals surface area contributed by atoms with Crippen LogP contribution in [0, 0.1) is 0 Å². The summed E-state index contributed by atoms with van der Waals surface area (Å²) in [4.78, 5) is 5.29. The number of fused-ring (bicyclic) bond motifs is 18. The Morgan fingerprint density at radius 2 is 0.867 bits per heavy atom. The summed E-state index contributed by atoms with van der Waals surface area (Å²) in [5.41, 5.74) is 25.0. The Balaban J connectivity index is 0.750. The number of hydrogen-bond donors (Lipinski definition) is 0. The lowest BCUT2D eigenvalue weighted by Gasteiger charge is -2.35. The summed E-state index contributed by atoms with van der Waals surface area (Å²) in [7, 11) is 0. The number of ether oxygens (including phenoxy) is 1. The molecule has 0 bridgehead atoms. The zero-order valence-corrected chi connectivity index (χ0v) is 48.9. The standard InChI is InChI=1S/C84H56N2O4/c1-7-19-73-61(13-1)67-43-49(51-27-33-81-69(45-51)63-15-3-9-21-77(63)87-81)25-31-75(67)85(73)59-39-55(53-29-35-83-71(47-53)65-17-5-11-23-79(65)89-83)37-57(41-59)58-38-56(54-30-36-84-72(48-54)66-18-6-12-24-80(66)90-84)40-60(42-58)86-74-20-8-2-14-62(74)68-44-50(26-32-76(68)86)52-28-34-82-70(46-52)64-16-4-10-22-78(64)88-82/h1-41,43-48,58,61-62,69,73-74,81H,42H2. The van der Waals surface area contributed by atoms with Gasteiger partial charge in [-0.15, -0.1) is 0 Å². The zero-order valence-electron chi connectivity index (χ0n) is 48.9. The summed E-state index contributed by atoms with van der Waals surface area (Å²) >= 11 is 0. The van der Waals surface area contributed by atoms with Gasteiger partial charge in [-0.05, 0) is 177 Å². The van der Waals surface area contributed by atoms with Crippen LogP contribution in [0.15, 0.2) is 304 Å². The van der Waals surface area contributed by atoms with Crippen molar-refractivity contribution in [3.63, 3.8) is 0 Å². The summed E-state index contributed by atoms with van der Waals surface area (Å²) < 4.78 is 25.6. The number of anilines is 3. The van der Waals surface area contributed by atoms with Crippen LogP contribution < -0.4 is 14.5 Å². The minimum atomic E-state index is -0.0176. The molecule has 0 N–H and O–H groups in total. The van der Waals surface area contributed by atoms with Crippen LogP contribution in [0.3, 0.4) is 0 Å². The van der Waals surface area contributed by atoms with Crippen LogP contribution in [0.5, 0.6) is 5.75 Å². The van der Waals surface area contributed by atoms with Crippen molar-refractivity contribution in [3.8, 4) is 28.0 Å². The summed E-state index contributed by atoms with van der Waals surface area (Å²) in [6, 6.07) is 75.7. The van der Waals surface area contributed by atoms with Crippen LogP contribution in [0.2, 0.25) is 0 Å². The van der Waals surface area contributed by atoms with Crippen molar-refractivity contribution < 1.29 is 18.0 Å². The number of hydrogen-bond acceptors (Lipinski definition) is 6. The number of allylic oxidation sites excluding steroid dienone is 10. The van der Waals surface area contributed by atoms with E-state index in [1.54, 1.807) is 0 Å². The molecule has 20 rings (SSSR count). The molecule has 0 spiro atoms. The maximum absolute atomic E-state index is 6.46. The first-order chi connectivity index (χ1) is 44.5. The number of rotatable bonds is 7. The summed E-state index contributed by atoms with van der Waals surface area (Å²) in [6.45, 7) is 0. The van der Waals surface area contributed by atoms with E-state index in [1.807, 2.05) is 6.07 Å². The second-order valence-electron chi connectivity index (χ2n) is 25.3. The molecule has 7 aliphatic rings. The summed E-state index contributed by atoms with van der Waals surface area (Å²) in [6.07, 6.45) is 31.3. The normalized spacial score (nSPS) is 21.6. The fraction of sp³-hybridized carbons (Fsp3) is 0.0952. The molecular formula is C84H56N2O4. The molecule has 13 aromatic rings. The molecule has 0 saturated carbocycles. The first kappa shape index (κ1) is 50.0. The molecular weight excluding hydrogens is 1100 g/mol. The van der Waals surface area contributed by atoms with Gasteiger partial charge < -0.3 is 27.8 Å². The van der Waals surface area contributed by atoms with Crippen LogP contribution in [0.4, 0.5) is 17.1 Å². The predicted molar refractivity (Wildman–Crippen MR) is 367 cm³/mol. The third kappa shape index (κ3) is 7.64. The second kappa shape index (κ2) is 19.2. The van der Waals surface area contributed by atoms with Gasteiger partial charge in [0.1, 0.15) is 45.4 Å². The fourth-order valence-corrected chi connectivity index (χ4v) is 16.1. The smallest absolute Gasteiger partial charge is 0.135 e. The molecule has 6 heterocycles. The van der Waals surface area contributed by atoms with Gasteiger partial charge in [0.05, 0.1) is 12.1 Å². The van der Waals surface area contributed by atoms with Crippen molar-refractivity contribution in [1.29, 1.82) is 0 Å². The van der Waals surface area contributed by atoms with Crippen LogP contribution in [-0.2, 0) is 0 Å². The lowest BCUT2D eigenvalue weighted by molar-refractivity contribution is 0.269. The maximum Gasteiger partial charge on any atom is 0.135 e. The molecule has 4 aliphatic carbocycles. The third-order valence-corrected chi connectivity index (χ3v) is 20.4. The van der Waals surface area contributed by atoms with E-state index >= 15 is 0 Å². The zero-order chi connectivity index (χ0) is 58.7. The van der Waals surface area contributed by atoms with Gasteiger partial charge in [0, 0.05) is 84.3 Å². The van der Waals surface area contributed by atoms with Crippen molar-refractivity contribution in [1.82, 2.24) is 0 Å². The topological polar surface area (TPSA) is 55.1 Å². The molecule has 0 fully saturated rings. The molecule has 7 atom stereocenters. The van der Waals surface area contributed by atoms with E-state index in [4.69, 9.17) is 18.0 Å². The monoisotopic (exact) mass is 1160 g/mol. The van der Waals surface area contributed by atoms with Gasteiger partial charge in [-0.1, -0.05) is 176 Å². The highest BCUT2D eigenvalue weighted by Gasteiger charge is 2.42. The lowest BCUT2D eigenvalue weighted by atomic mass is 9.83. The highest BCUT2D eigenvalue weighted by Crippen LogP contribution is 2.54. The highest BCUT2D eigenvalue weighted by molar-refractivity contribution is 6.08. The Hall–Kier alpha value is -11.1. The lowest BCUT2D eigenvalue weighted by Crippen LogP contribution is -2.33. The average Bonchev–Trinajstić information content (AvgIpc) is 1.85. The predicted octanol–water partition coefficient (Wildman–Crippen LogP) is 21.5. The fourth-order valence-electron chi connectivity index (χ4n) is 16.1. The van der Waals surface area contributed by atoms with Gasteiger partial charge in [-0.3, -0.25) is 0 Å². The molecule has 0 amide bonds. The van der Waals surface area contributed by atoms with E-state index in [9.17, 15) is 0 Å². The van der Waals surface area contributed by atoms with Gasteiger partial charge >= 0.3 is 0 Å². The molecule has 6 heteroatoms. The van der Waals surface area contributed by atoms with Crippen molar-refractivity contribution in [2.75, 3.05) is 9.80 Å².